The monoisotopic (exact) mass is 462 g/mol. The van der Waals surface area contributed by atoms with Crippen LogP contribution in [0.2, 0.25) is 0 Å². The van der Waals surface area contributed by atoms with Crippen LogP contribution in [0.1, 0.15) is 51.0 Å². The molecule has 1 aromatic rings. The second-order valence-corrected chi connectivity index (χ2v) is 8.28. The van der Waals surface area contributed by atoms with Gasteiger partial charge in [-0.05, 0) is 46.5 Å². The van der Waals surface area contributed by atoms with Crippen LogP contribution in [0.5, 0.6) is 0 Å². The molecule has 0 saturated heterocycles. The zero-order chi connectivity index (χ0) is 21.3. The number of fused-ring (bicyclic) bond motifs is 1. The molecule has 0 aromatic heterocycles. The Morgan fingerprint density at radius 2 is 1.79 bits per heavy atom. The molecule has 0 amide bonds. The molecular weight excluding hydrogens is 439 g/mol. The standard InChI is InChI=1S/C21H24BrFN4O2/c1-3-5-9-28-21(29-10-6-4-2)20(13-25)17(19(20,12-24)18(26)27-21)14-7-8-16(23)15(22)11-14/h7-8,11,17H,3-6,9-10H2,1-2H3,(H2,26,27). The van der Waals surface area contributed by atoms with Gasteiger partial charge >= 0.3 is 0 Å². The number of amidine groups is 1. The minimum Gasteiger partial charge on any atom is -0.386 e. The zero-order valence-corrected chi connectivity index (χ0v) is 18.1. The highest BCUT2D eigenvalue weighted by atomic mass is 79.9. The summed E-state index contributed by atoms with van der Waals surface area (Å²) in [5.74, 6) is -2.69. The number of aliphatic imine (C=N–C) groups is 1. The molecular formula is C21H24BrFN4O2. The molecule has 1 aliphatic heterocycles. The molecule has 1 heterocycles. The van der Waals surface area contributed by atoms with Crippen LogP contribution in [0.4, 0.5) is 4.39 Å². The fourth-order valence-electron chi connectivity index (χ4n) is 4.26. The lowest BCUT2D eigenvalue weighted by Gasteiger charge is -2.32. The summed E-state index contributed by atoms with van der Waals surface area (Å²) < 4.78 is 26.2. The Bertz CT molecular complexity index is 899. The fraction of sp³-hybridized carbons (Fsp3) is 0.571. The molecule has 3 unspecified atom stereocenters. The lowest BCUT2D eigenvalue weighted by Crippen LogP contribution is -2.44. The number of nitriles is 2. The molecule has 3 atom stereocenters. The number of ether oxygens (including phenoxy) is 2. The lowest BCUT2D eigenvalue weighted by molar-refractivity contribution is -0.260. The highest BCUT2D eigenvalue weighted by Gasteiger charge is 2.93. The van der Waals surface area contributed by atoms with E-state index < -0.39 is 28.5 Å². The van der Waals surface area contributed by atoms with Crippen LogP contribution in [-0.2, 0) is 9.47 Å². The minimum atomic E-state index is -1.66. The number of hydrogen-bond donors (Lipinski definition) is 1. The summed E-state index contributed by atoms with van der Waals surface area (Å²) >= 11 is 3.18. The number of rotatable bonds is 9. The molecule has 0 bridgehead atoms. The number of nitrogens with two attached hydrogens (primary N) is 1. The predicted molar refractivity (Wildman–Crippen MR) is 109 cm³/mol. The van der Waals surface area contributed by atoms with E-state index in [2.05, 4.69) is 33.1 Å². The summed E-state index contributed by atoms with van der Waals surface area (Å²) in [4.78, 5) is 4.42. The van der Waals surface area contributed by atoms with Crippen molar-refractivity contribution >= 4 is 21.8 Å². The van der Waals surface area contributed by atoms with Gasteiger partial charge in [-0.3, -0.25) is 0 Å². The van der Waals surface area contributed by atoms with Crippen molar-refractivity contribution in [2.24, 2.45) is 21.6 Å². The molecule has 2 aliphatic rings. The molecule has 1 saturated carbocycles. The molecule has 154 valence electrons. The molecule has 1 aliphatic carbocycles. The summed E-state index contributed by atoms with van der Waals surface area (Å²) in [7, 11) is 0. The largest absolute Gasteiger partial charge is 0.386 e. The van der Waals surface area contributed by atoms with Crippen molar-refractivity contribution in [1.29, 1.82) is 10.5 Å². The smallest absolute Gasteiger partial charge is 0.293 e. The Labute approximate surface area is 178 Å². The maximum absolute atomic E-state index is 13.8. The topological polar surface area (TPSA) is 104 Å². The zero-order valence-electron chi connectivity index (χ0n) is 16.5. The Kier molecular flexibility index (Phi) is 6.01. The predicted octanol–water partition coefficient (Wildman–Crippen LogP) is 4.36. The van der Waals surface area contributed by atoms with Crippen molar-refractivity contribution in [3.05, 3.63) is 34.1 Å². The van der Waals surface area contributed by atoms with Gasteiger partial charge in [0, 0.05) is 5.92 Å². The average molecular weight is 463 g/mol. The third kappa shape index (κ3) is 2.89. The molecule has 0 radical (unpaired) electrons. The van der Waals surface area contributed by atoms with Gasteiger partial charge in [0.25, 0.3) is 5.91 Å². The highest BCUT2D eigenvalue weighted by Crippen LogP contribution is 2.82. The third-order valence-electron chi connectivity index (χ3n) is 5.80. The first-order valence-corrected chi connectivity index (χ1v) is 10.6. The van der Waals surface area contributed by atoms with Crippen LogP contribution in [-0.4, -0.2) is 25.0 Å². The van der Waals surface area contributed by atoms with E-state index >= 15 is 0 Å². The van der Waals surface area contributed by atoms with Gasteiger partial charge in [0.15, 0.2) is 5.41 Å². The van der Waals surface area contributed by atoms with Gasteiger partial charge in [0.05, 0.1) is 29.8 Å². The highest BCUT2D eigenvalue weighted by molar-refractivity contribution is 9.10. The Balaban J connectivity index is 2.11. The van der Waals surface area contributed by atoms with E-state index in [1.165, 1.54) is 6.07 Å². The molecule has 1 aromatic carbocycles. The number of hydrogen-bond acceptors (Lipinski definition) is 6. The number of unbranched alkanes of at least 4 members (excludes halogenated alkanes) is 2. The number of benzene rings is 1. The molecule has 3 rings (SSSR count). The minimum absolute atomic E-state index is 0.0278. The van der Waals surface area contributed by atoms with Gasteiger partial charge in [0.1, 0.15) is 17.1 Å². The maximum Gasteiger partial charge on any atom is 0.293 e. The van der Waals surface area contributed by atoms with Crippen molar-refractivity contribution in [3.8, 4) is 12.1 Å². The maximum atomic E-state index is 13.8. The van der Waals surface area contributed by atoms with E-state index in [1.54, 1.807) is 12.1 Å². The average Bonchev–Trinajstić information content (AvgIpc) is 3.29. The summed E-state index contributed by atoms with van der Waals surface area (Å²) in [5.41, 5.74) is 4.04. The van der Waals surface area contributed by atoms with Crippen molar-refractivity contribution < 1.29 is 13.9 Å². The van der Waals surface area contributed by atoms with Gasteiger partial charge in [-0.2, -0.15) is 10.5 Å². The van der Waals surface area contributed by atoms with Crippen LogP contribution in [0, 0.1) is 39.3 Å². The molecule has 6 nitrogen and oxygen atoms in total. The van der Waals surface area contributed by atoms with Crippen molar-refractivity contribution in [3.63, 3.8) is 0 Å². The van der Waals surface area contributed by atoms with Gasteiger partial charge in [0.2, 0.25) is 0 Å². The van der Waals surface area contributed by atoms with Gasteiger partial charge in [-0.25, -0.2) is 9.38 Å². The Hall–Kier alpha value is -2.00. The molecule has 0 spiro atoms. The van der Waals surface area contributed by atoms with Crippen LogP contribution < -0.4 is 5.73 Å². The van der Waals surface area contributed by atoms with Crippen molar-refractivity contribution in [2.75, 3.05) is 13.2 Å². The van der Waals surface area contributed by atoms with E-state index in [0.717, 1.165) is 25.7 Å². The summed E-state index contributed by atoms with van der Waals surface area (Å²) in [6, 6.07) is 8.96. The van der Waals surface area contributed by atoms with E-state index in [1.807, 2.05) is 13.8 Å². The molecule has 1 fully saturated rings. The first-order chi connectivity index (χ1) is 13.9. The van der Waals surface area contributed by atoms with Gasteiger partial charge in [-0.1, -0.05) is 32.8 Å². The summed E-state index contributed by atoms with van der Waals surface area (Å²) in [6.07, 6.45) is 3.29. The van der Waals surface area contributed by atoms with Crippen LogP contribution in [0.15, 0.2) is 27.7 Å². The van der Waals surface area contributed by atoms with Gasteiger partial charge < -0.3 is 15.2 Å². The molecule has 29 heavy (non-hydrogen) atoms. The van der Waals surface area contributed by atoms with Crippen molar-refractivity contribution in [1.82, 2.24) is 0 Å². The summed E-state index contributed by atoms with van der Waals surface area (Å²) in [6.45, 7) is 4.69. The third-order valence-corrected chi connectivity index (χ3v) is 6.40. The van der Waals surface area contributed by atoms with E-state index in [0.29, 0.717) is 18.8 Å². The quantitative estimate of drug-likeness (QED) is 0.433. The first-order valence-electron chi connectivity index (χ1n) is 9.81. The van der Waals surface area contributed by atoms with E-state index in [9.17, 15) is 14.9 Å². The SMILES string of the molecule is CCCCOC1(OCCCC)N=C(N)C2(C#N)C(c3ccc(F)c(Br)c3)C12C#N. The van der Waals surface area contributed by atoms with Crippen LogP contribution in [0.3, 0.4) is 0 Å². The van der Waals surface area contributed by atoms with Crippen LogP contribution >= 0.6 is 15.9 Å². The number of halogens is 2. The van der Waals surface area contributed by atoms with Crippen molar-refractivity contribution in [2.45, 2.75) is 51.4 Å². The molecule has 2 N–H and O–H groups in total. The number of nitrogens with zero attached hydrogens (tertiary/aromatic N) is 3. The first kappa shape index (κ1) is 21.7. The van der Waals surface area contributed by atoms with E-state index in [4.69, 9.17) is 15.2 Å². The van der Waals surface area contributed by atoms with Gasteiger partial charge in [-0.15, -0.1) is 0 Å². The summed E-state index contributed by atoms with van der Waals surface area (Å²) in [5, 5.41) is 20.4. The van der Waals surface area contributed by atoms with E-state index in [-0.39, 0.29) is 10.3 Å². The Morgan fingerprint density at radius 3 is 2.28 bits per heavy atom. The second kappa shape index (κ2) is 8.02. The fourth-order valence-corrected chi connectivity index (χ4v) is 4.66. The normalized spacial score (nSPS) is 28.9. The second-order valence-electron chi connectivity index (χ2n) is 7.43. The Morgan fingerprint density at radius 1 is 1.17 bits per heavy atom. The molecule has 8 heteroatoms. The lowest BCUT2D eigenvalue weighted by atomic mass is 9.93. The van der Waals surface area contributed by atoms with Crippen LogP contribution in [0.25, 0.3) is 0 Å².